The third kappa shape index (κ3) is 3.40. The molecule has 2 rings (SSSR count). The smallest absolute Gasteiger partial charge is 0.140 e. The number of rotatable bonds is 5. The average Bonchev–Trinajstić information content (AvgIpc) is 2.52. The first kappa shape index (κ1) is 14.2. The molecular formula is C15H13ClN2O2. The molecule has 5 heteroatoms. The summed E-state index contributed by atoms with van der Waals surface area (Å²) >= 11 is 5.90. The summed E-state index contributed by atoms with van der Waals surface area (Å²) in [5.74, 6) is 1.78. The number of nitriles is 1. The highest BCUT2D eigenvalue weighted by molar-refractivity contribution is 6.17. The minimum atomic E-state index is 0.340. The fourth-order valence-electron chi connectivity index (χ4n) is 1.71. The third-order valence-electron chi connectivity index (χ3n) is 2.74. The Kier molecular flexibility index (Phi) is 4.80. The van der Waals surface area contributed by atoms with Crippen LogP contribution in [-0.4, -0.2) is 12.1 Å². The molecule has 102 valence electrons. The van der Waals surface area contributed by atoms with Crippen molar-refractivity contribution in [2.45, 2.75) is 12.5 Å². The van der Waals surface area contributed by atoms with Gasteiger partial charge >= 0.3 is 0 Å². The molecule has 0 fully saturated rings. The minimum Gasteiger partial charge on any atom is -0.497 e. The SMILES string of the molecule is COc1ccc(OCc2ccnc(C#N)c2)c(CCl)c1. The van der Waals surface area contributed by atoms with Gasteiger partial charge < -0.3 is 9.47 Å². The van der Waals surface area contributed by atoms with Crippen LogP contribution in [0.1, 0.15) is 16.8 Å². The highest BCUT2D eigenvalue weighted by Gasteiger charge is 2.06. The van der Waals surface area contributed by atoms with Crippen molar-refractivity contribution in [2.75, 3.05) is 7.11 Å². The zero-order valence-electron chi connectivity index (χ0n) is 11.0. The largest absolute Gasteiger partial charge is 0.497 e. The summed E-state index contributed by atoms with van der Waals surface area (Å²) in [6.45, 7) is 0.355. The maximum absolute atomic E-state index is 8.80. The highest BCUT2D eigenvalue weighted by Crippen LogP contribution is 2.26. The van der Waals surface area contributed by atoms with Crippen molar-refractivity contribution in [1.82, 2.24) is 4.98 Å². The second-order valence-electron chi connectivity index (χ2n) is 4.06. The lowest BCUT2D eigenvalue weighted by Crippen LogP contribution is -1.99. The van der Waals surface area contributed by atoms with E-state index in [2.05, 4.69) is 4.98 Å². The predicted molar refractivity (Wildman–Crippen MR) is 75.8 cm³/mol. The van der Waals surface area contributed by atoms with Crippen molar-refractivity contribution in [3.05, 3.63) is 53.3 Å². The summed E-state index contributed by atoms with van der Waals surface area (Å²) in [5.41, 5.74) is 2.12. The standard InChI is InChI=1S/C15H13ClN2O2/c1-19-14-2-3-15(12(7-14)8-16)20-10-11-4-5-18-13(6-11)9-17/h2-7H,8,10H2,1H3. The maximum atomic E-state index is 8.80. The molecule has 4 nitrogen and oxygen atoms in total. The summed E-state index contributed by atoms with van der Waals surface area (Å²) in [7, 11) is 1.61. The first-order valence-corrected chi connectivity index (χ1v) is 6.51. The molecule has 0 aliphatic carbocycles. The van der Waals surface area contributed by atoms with Crippen LogP contribution in [0.15, 0.2) is 36.5 Å². The molecule has 0 aliphatic rings. The fourth-order valence-corrected chi connectivity index (χ4v) is 1.92. The van der Waals surface area contributed by atoms with Crippen LogP contribution in [-0.2, 0) is 12.5 Å². The maximum Gasteiger partial charge on any atom is 0.140 e. The third-order valence-corrected chi connectivity index (χ3v) is 3.03. The lowest BCUT2D eigenvalue weighted by Gasteiger charge is -2.11. The van der Waals surface area contributed by atoms with Crippen LogP contribution in [0, 0.1) is 11.3 Å². The van der Waals surface area contributed by atoms with Gasteiger partial charge in [0.2, 0.25) is 0 Å². The lowest BCUT2D eigenvalue weighted by atomic mass is 10.2. The molecule has 1 heterocycles. The number of aromatic nitrogens is 1. The zero-order chi connectivity index (χ0) is 14.4. The molecule has 1 aromatic carbocycles. The van der Waals surface area contributed by atoms with E-state index in [0.717, 1.165) is 16.9 Å². The van der Waals surface area contributed by atoms with Gasteiger partial charge in [0.15, 0.2) is 0 Å². The molecule has 0 N–H and O–H groups in total. The van der Waals surface area contributed by atoms with Gasteiger partial charge in [0.25, 0.3) is 0 Å². The molecule has 0 saturated carbocycles. The van der Waals surface area contributed by atoms with Gasteiger partial charge in [-0.1, -0.05) is 0 Å². The Morgan fingerprint density at radius 2 is 2.15 bits per heavy atom. The monoisotopic (exact) mass is 288 g/mol. The van der Waals surface area contributed by atoms with Crippen LogP contribution in [0.5, 0.6) is 11.5 Å². The molecule has 0 aliphatic heterocycles. The van der Waals surface area contributed by atoms with Crippen LogP contribution in [0.4, 0.5) is 0 Å². The van der Waals surface area contributed by atoms with Crippen LogP contribution in [0.2, 0.25) is 0 Å². The first-order valence-electron chi connectivity index (χ1n) is 5.97. The topological polar surface area (TPSA) is 55.1 Å². The molecule has 0 saturated heterocycles. The van der Waals surface area contributed by atoms with E-state index in [1.807, 2.05) is 30.3 Å². The quantitative estimate of drug-likeness (QED) is 0.792. The van der Waals surface area contributed by atoms with E-state index in [4.69, 9.17) is 26.3 Å². The van der Waals surface area contributed by atoms with E-state index in [0.29, 0.717) is 23.9 Å². The molecule has 0 spiro atoms. The molecule has 0 unspecified atom stereocenters. The Hall–Kier alpha value is -2.25. The number of hydrogen-bond donors (Lipinski definition) is 0. The van der Waals surface area contributed by atoms with Crippen molar-refractivity contribution in [3.63, 3.8) is 0 Å². The van der Waals surface area contributed by atoms with Crippen LogP contribution in [0.3, 0.4) is 0 Å². The van der Waals surface area contributed by atoms with Crippen molar-refractivity contribution < 1.29 is 9.47 Å². The average molecular weight is 289 g/mol. The highest BCUT2D eigenvalue weighted by atomic mass is 35.5. The number of methoxy groups -OCH3 is 1. The van der Waals surface area contributed by atoms with Crippen LogP contribution in [0.25, 0.3) is 0 Å². The van der Waals surface area contributed by atoms with Gasteiger partial charge in [0.05, 0.1) is 13.0 Å². The van der Waals surface area contributed by atoms with Gasteiger partial charge in [0.1, 0.15) is 29.9 Å². The van der Waals surface area contributed by atoms with Crippen molar-refractivity contribution in [2.24, 2.45) is 0 Å². The van der Waals surface area contributed by atoms with Crippen molar-refractivity contribution >= 4 is 11.6 Å². The van der Waals surface area contributed by atoms with Gasteiger partial charge in [0, 0.05) is 11.8 Å². The molecular weight excluding hydrogens is 276 g/mol. The molecule has 1 aromatic heterocycles. The zero-order valence-corrected chi connectivity index (χ0v) is 11.7. The number of halogens is 1. The number of nitrogens with zero attached hydrogens (tertiary/aromatic N) is 2. The number of ether oxygens (including phenoxy) is 2. The van der Waals surface area contributed by atoms with Crippen LogP contribution < -0.4 is 9.47 Å². The first-order chi connectivity index (χ1) is 9.76. The summed E-state index contributed by atoms with van der Waals surface area (Å²) < 4.78 is 10.9. The van der Waals surface area contributed by atoms with E-state index in [1.54, 1.807) is 19.4 Å². The Morgan fingerprint density at radius 3 is 2.85 bits per heavy atom. The fraction of sp³-hybridized carbons (Fsp3) is 0.200. The van der Waals surface area contributed by atoms with Crippen molar-refractivity contribution in [1.29, 1.82) is 5.26 Å². The summed E-state index contributed by atoms with van der Waals surface area (Å²) in [6, 6.07) is 11.0. The summed E-state index contributed by atoms with van der Waals surface area (Å²) in [6.07, 6.45) is 1.59. The lowest BCUT2D eigenvalue weighted by molar-refractivity contribution is 0.303. The van der Waals surface area contributed by atoms with Crippen LogP contribution >= 0.6 is 11.6 Å². The van der Waals surface area contributed by atoms with Gasteiger partial charge in [-0.15, -0.1) is 11.6 Å². The molecule has 0 radical (unpaired) electrons. The van der Waals surface area contributed by atoms with Crippen molar-refractivity contribution in [3.8, 4) is 17.6 Å². The molecule has 0 bridgehead atoms. The molecule has 20 heavy (non-hydrogen) atoms. The van der Waals surface area contributed by atoms with Gasteiger partial charge in [-0.05, 0) is 35.9 Å². The van der Waals surface area contributed by atoms with Gasteiger partial charge in [-0.2, -0.15) is 5.26 Å². The van der Waals surface area contributed by atoms with E-state index in [9.17, 15) is 0 Å². The van der Waals surface area contributed by atoms with E-state index in [-0.39, 0.29) is 0 Å². The number of hydrogen-bond acceptors (Lipinski definition) is 4. The number of pyridine rings is 1. The Bertz CT molecular complexity index is 638. The van der Waals surface area contributed by atoms with Gasteiger partial charge in [-0.25, -0.2) is 4.98 Å². The second kappa shape index (κ2) is 6.78. The van der Waals surface area contributed by atoms with E-state index in [1.165, 1.54) is 0 Å². The van der Waals surface area contributed by atoms with E-state index < -0.39 is 0 Å². The molecule has 0 amide bonds. The normalized spacial score (nSPS) is 9.85. The Balaban J connectivity index is 2.12. The summed E-state index contributed by atoms with van der Waals surface area (Å²) in [4.78, 5) is 3.91. The molecule has 2 aromatic rings. The predicted octanol–water partition coefficient (Wildman–Crippen LogP) is 3.28. The van der Waals surface area contributed by atoms with E-state index >= 15 is 0 Å². The summed E-state index contributed by atoms with van der Waals surface area (Å²) in [5, 5.41) is 8.80. The molecule has 0 atom stereocenters. The Labute approximate surface area is 122 Å². The number of benzene rings is 1. The second-order valence-corrected chi connectivity index (χ2v) is 4.32. The minimum absolute atomic E-state index is 0.340. The van der Waals surface area contributed by atoms with Gasteiger partial charge in [-0.3, -0.25) is 0 Å². The Morgan fingerprint density at radius 1 is 1.30 bits per heavy atom. The number of alkyl halides is 1.